The average Bonchev–Trinajstić information content (AvgIpc) is 3.54. The number of nitrogens with zero attached hydrogens (tertiary/aromatic N) is 4. The Kier molecular flexibility index (Phi) is 9.04. The fourth-order valence-corrected chi connectivity index (χ4v) is 4.76. The van der Waals surface area contributed by atoms with Gasteiger partial charge >= 0.3 is 0 Å². The van der Waals surface area contributed by atoms with Crippen LogP contribution < -0.4 is 32.2 Å². The molecule has 15 nitrogen and oxygen atoms in total. The number of aliphatic imine (C=N–C) groups is 1. The van der Waals surface area contributed by atoms with E-state index in [2.05, 4.69) is 10.3 Å². The number of ether oxygens (including phenoxy) is 1. The summed E-state index contributed by atoms with van der Waals surface area (Å²) in [6, 6.07) is 0.749. The van der Waals surface area contributed by atoms with E-state index in [-0.39, 0.29) is 60.7 Å². The van der Waals surface area contributed by atoms with Crippen LogP contribution in [-0.2, 0) is 19.2 Å². The molecule has 15 heteroatoms. The molecule has 2 fully saturated rings. The van der Waals surface area contributed by atoms with Gasteiger partial charge in [0.2, 0.25) is 17.7 Å². The van der Waals surface area contributed by atoms with Crippen molar-refractivity contribution >= 4 is 41.0 Å². The third-order valence-corrected chi connectivity index (χ3v) is 6.56. The molecule has 38 heavy (non-hydrogen) atoms. The van der Waals surface area contributed by atoms with E-state index in [1.165, 1.54) is 24.1 Å². The quantitative estimate of drug-likeness (QED) is 0.0909. The third kappa shape index (κ3) is 6.27. The number of methoxy groups -OCH3 is 1. The molecule has 1 aromatic carbocycles. The molecule has 1 aromatic rings. The largest absolute Gasteiger partial charge is 0.494 e. The maximum atomic E-state index is 14.1. The number of nitro benzene ring substituents is 1. The van der Waals surface area contributed by atoms with Gasteiger partial charge in [0.1, 0.15) is 23.9 Å². The maximum absolute atomic E-state index is 14.1. The third-order valence-electron chi connectivity index (χ3n) is 6.56. The fourth-order valence-electron chi connectivity index (χ4n) is 4.76. The van der Waals surface area contributed by atoms with E-state index < -0.39 is 34.9 Å². The predicted octanol–water partition coefficient (Wildman–Crippen LogP) is -0.886. The molecule has 2 saturated heterocycles. The van der Waals surface area contributed by atoms with Crippen molar-refractivity contribution in [3.8, 4) is 5.75 Å². The van der Waals surface area contributed by atoms with E-state index in [0.29, 0.717) is 25.8 Å². The van der Waals surface area contributed by atoms with Crippen molar-refractivity contribution in [1.29, 1.82) is 0 Å². The predicted molar refractivity (Wildman–Crippen MR) is 136 cm³/mol. The smallest absolute Gasteiger partial charge is 0.273 e. The zero-order valence-corrected chi connectivity index (χ0v) is 21.0. The molecule has 2 heterocycles. The number of non-ortho nitro benzene ring substituents is 1. The molecular formula is C23H32N8O7. The number of likely N-dealkylation sites (tertiary alicyclic amines) is 1. The van der Waals surface area contributed by atoms with Crippen LogP contribution in [0, 0.1) is 10.1 Å². The number of nitrogens with one attached hydrogen (secondary N) is 1. The standard InChI is InChI=1S/C23H32N8O7/c1-38-18-12-13(31(36)37)6-8-15(18)30(16(20(24)33)4-2-10-27-23(25)26)22(35)17-5-3-11-29(17)21(34)14-7-9-19(32)28-14/h6,8,12,14,16-17H,2-5,7,9-11H2,1H3,(H2,24,33)(H,28,32)(H4,25,26,27). The Bertz CT molecular complexity index is 1140. The van der Waals surface area contributed by atoms with E-state index in [0.717, 1.165) is 11.0 Å². The first-order valence-electron chi connectivity index (χ1n) is 12.1. The van der Waals surface area contributed by atoms with Gasteiger partial charge in [-0.15, -0.1) is 0 Å². The fraction of sp³-hybridized carbons (Fsp3) is 0.522. The molecule has 0 spiro atoms. The minimum absolute atomic E-state index is 0.0260. The number of nitrogens with two attached hydrogens (primary N) is 3. The lowest BCUT2D eigenvalue weighted by molar-refractivity contribution is -0.384. The van der Waals surface area contributed by atoms with Crippen LogP contribution in [0.15, 0.2) is 23.2 Å². The lowest BCUT2D eigenvalue weighted by Gasteiger charge is -2.35. The summed E-state index contributed by atoms with van der Waals surface area (Å²) in [6.07, 6.45) is 1.73. The molecule has 2 aliphatic rings. The monoisotopic (exact) mass is 532 g/mol. The number of hydrogen-bond acceptors (Lipinski definition) is 8. The van der Waals surface area contributed by atoms with Crippen molar-refractivity contribution < 1.29 is 28.8 Å². The molecule has 0 bridgehead atoms. The number of carbonyl (C=O) groups excluding carboxylic acids is 4. The number of rotatable bonds is 11. The molecule has 3 rings (SSSR count). The van der Waals surface area contributed by atoms with Crippen LogP contribution in [0.2, 0.25) is 0 Å². The summed E-state index contributed by atoms with van der Waals surface area (Å²) in [4.78, 5) is 68.8. The first-order valence-corrected chi connectivity index (χ1v) is 12.1. The summed E-state index contributed by atoms with van der Waals surface area (Å²) in [7, 11) is 1.28. The summed E-state index contributed by atoms with van der Waals surface area (Å²) >= 11 is 0. The Labute approximate surface area is 218 Å². The summed E-state index contributed by atoms with van der Waals surface area (Å²) < 4.78 is 5.35. The van der Waals surface area contributed by atoms with Crippen LogP contribution in [0.1, 0.15) is 38.5 Å². The highest BCUT2D eigenvalue weighted by molar-refractivity contribution is 6.06. The van der Waals surface area contributed by atoms with Crippen LogP contribution in [-0.4, -0.2) is 77.7 Å². The average molecular weight is 533 g/mol. The molecule has 4 amide bonds. The molecule has 7 N–H and O–H groups in total. The Balaban J connectivity index is 2.01. The number of nitro groups is 1. The van der Waals surface area contributed by atoms with Gasteiger partial charge in [-0.1, -0.05) is 0 Å². The first-order chi connectivity index (χ1) is 18.0. The molecule has 3 atom stereocenters. The van der Waals surface area contributed by atoms with Gasteiger partial charge in [0, 0.05) is 25.6 Å². The number of guanidine groups is 1. The van der Waals surface area contributed by atoms with Gasteiger partial charge in [0.15, 0.2) is 5.96 Å². The second kappa shape index (κ2) is 12.2. The highest BCUT2D eigenvalue weighted by Crippen LogP contribution is 2.36. The van der Waals surface area contributed by atoms with Gasteiger partial charge in [0.05, 0.1) is 23.8 Å². The lowest BCUT2D eigenvalue weighted by atomic mass is 10.0. The van der Waals surface area contributed by atoms with Crippen LogP contribution in [0.4, 0.5) is 11.4 Å². The Morgan fingerprint density at radius 2 is 2.03 bits per heavy atom. The van der Waals surface area contributed by atoms with E-state index in [1.807, 2.05) is 0 Å². The number of carbonyl (C=O) groups is 4. The number of primary amides is 1. The molecule has 0 radical (unpaired) electrons. The molecule has 206 valence electrons. The van der Waals surface area contributed by atoms with Gasteiger partial charge in [-0.3, -0.25) is 39.2 Å². The van der Waals surface area contributed by atoms with Gasteiger partial charge in [-0.25, -0.2) is 0 Å². The van der Waals surface area contributed by atoms with E-state index >= 15 is 0 Å². The van der Waals surface area contributed by atoms with Crippen molar-refractivity contribution in [1.82, 2.24) is 10.2 Å². The second-order valence-corrected chi connectivity index (χ2v) is 9.04. The number of amides is 4. The van der Waals surface area contributed by atoms with E-state index in [4.69, 9.17) is 21.9 Å². The van der Waals surface area contributed by atoms with Crippen LogP contribution in [0.5, 0.6) is 5.75 Å². The van der Waals surface area contributed by atoms with Gasteiger partial charge in [0.25, 0.3) is 11.6 Å². The number of hydrogen-bond donors (Lipinski definition) is 4. The second-order valence-electron chi connectivity index (χ2n) is 9.04. The molecule has 0 aromatic heterocycles. The summed E-state index contributed by atoms with van der Waals surface area (Å²) in [5.41, 5.74) is 16.3. The van der Waals surface area contributed by atoms with Gasteiger partial charge < -0.3 is 32.2 Å². The highest BCUT2D eigenvalue weighted by Gasteiger charge is 2.43. The van der Waals surface area contributed by atoms with E-state index in [1.54, 1.807) is 0 Å². The van der Waals surface area contributed by atoms with Crippen molar-refractivity contribution in [2.24, 2.45) is 22.2 Å². The Morgan fingerprint density at radius 1 is 1.29 bits per heavy atom. The SMILES string of the molecule is COc1cc([N+](=O)[O-])ccc1N(C(=O)C1CCCN1C(=O)C1CCC(=O)N1)C(CCCN=C(N)N)C(N)=O. The summed E-state index contributed by atoms with van der Waals surface area (Å²) in [5.74, 6) is -2.21. The molecule has 3 unspecified atom stereocenters. The van der Waals surface area contributed by atoms with Crippen molar-refractivity contribution in [2.45, 2.75) is 56.7 Å². The van der Waals surface area contributed by atoms with Crippen LogP contribution in [0.3, 0.4) is 0 Å². The van der Waals surface area contributed by atoms with Gasteiger partial charge in [-0.05, 0) is 38.2 Å². The van der Waals surface area contributed by atoms with Crippen LogP contribution in [0.25, 0.3) is 0 Å². The number of benzene rings is 1. The maximum Gasteiger partial charge on any atom is 0.273 e. The van der Waals surface area contributed by atoms with E-state index in [9.17, 15) is 29.3 Å². The molecular weight excluding hydrogens is 500 g/mol. The summed E-state index contributed by atoms with van der Waals surface area (Å²) in [6.45, 7) is 0.458. The highest BCUT2D eigenvalue weighted by atomic mass is 16.6. The molecule has 2 aliphatic heterocycles. The Morgan fingerprint density at radius 3 is 2.61 bits per heavy atom. The van der Waals surface area contributed by atoms with Crippen molar-refractivity contribution in [3.63, 3.8) is 0 Å². The first kappa shape index (κ1) is 28.1. The lowest BCUT2D eigenvalue weighted by Crippen LogP contribution is -2.57. The minimum atomic E-state index is -1.20. The Hall–Kier alpha value is -4.43. The topological polar surface area (TPSA) is 230 Å². The number of anilines is 1. The van der Waals surface area contributed by atoms with Crippen molar-refractivity contribution in [3.05, 3.63) is 28.3 Å². The van der Waals surface area contributed by atoms with Gasteiger partial charge in [-0.2, -0.15) is 0 Å². The molecule has 0 saturated carbocycles. The van der Waals surface area contributed by atoms with Crippen LogP contribution >= 0.6 is 0 Å². The molecule has 0 aliphatic carbocycles. The van der Waals surface area contributed by atoms with Crippen molar-refractivity contribution in [2.75, 3.05) is 25.1 Å². The minimum Gasteiger partial charge on any atom is -0.494 e. The summed E-state index contributed by atoms with van der Waals surface area (Å²) in [5, 5.41) is 13.9. The zero-order valence-electron chi connectivity index (χ0n) is 21.0. The normalized spacial score (nSPS) is 19.4. The zero-order chi connectivity index (χ0) is 28.0.